The molecule has 0 unspecified atom stereocenters. The topological polar surface area (TPSA) is 72.2 Å². The molecule has 2 aromatic rings. The van der Waals surface area contributed by atoms with Gasteiger partial charge < -0.3 is 5.73 Å². The molecule has 0 aliphatic rings. The van der Waals surface area contributed by atoms with E-state index >= 15 is 0 Å². The smallest absolute Gasteiger partial charge is 0.243 e. The van der Waals surface area contributed by atoms with Crippen LogP contribution in [-0.4, -0.2) is 8.42 Å². The molecular weight excluding hydrogens is 280 g/mol. The molecular formula is C13H16N2O2S2. The van der Waals surface area contributed by atoms with E-state index in [1.807, 2.05) is 29.8 Å². The van der Waals surface area contributed by atoms with E-state index in [0.29, 0.717) is 5.56 Å². The molecule has 0 aliphatic heterocycles. The summed E-state index contributed by atoms with van der Waals surface area (Å²) in [5.74, 6) is 0. The number of nitrogen functional groups attached to an aromatic ring is 1. The van der Waals surface area contributed by atoms with Crippen molar-refractivity contribution < 1.29 is 8.42 Å². The maximum atomic E-state index is 12.3. The predicted molar refractivity (Wildman–Crippen MR) is 78.7 cm³/mol. The number of hydrogen-bond acceptors (Lipinski definition) is 4. The van der Waals surface area contributed by atoms with E-state index in [9.17, 15) is 8.42 Å². The molecule has 6 heteroatoms. The van der Waals surface area contributed by atoms with Gasteiger partial charge in [0.2, 0.25) is 10.0 Å². The molecule has 19 heavy (non-hydrogen) atoms. The highest BCUT2D eigenvalue weighted by Crippen LogP contribution is 2.25. The molecule has 0 saturated heterocycles. The summed E-state index contributed by atoms with van der Waals surface area (Å²) in [6.45, 7) is 3.91. The Morgan fingerprint density at radius 3 is 2.63 bits per heavy atom. The standard InChI is InChI=1S/C13H16N2O2S2/c1-9-3-4-12(14)13(10(9)2)19(16,17)15-7-11-5-6-18-8-11/h3-6,8,15H,7,14H2,1-2H3. The van der Waals surface area contributed by atoms with E-state index in [1.165, 1.54) is 11.3 Å². The fourth-order valence-corrected chi connectivity index (χ4v) is 3.92. The minimum atomic E-state index is -3.59. The molecule has 0 spiro atoms. The van der Waals surface area contributed by atoms with Crippen molar-refractivity contribution >= 4 is 27.0 Å². The van der Waals surface area contributed by atoms with Crippen molar-refractivity contribution in [3.63, 3.8) is 0 Å². The van der Waals surface area contributed by atoms with Crippen LogP contribution in [0.15, 0.2) is 33.9 Å². The number of aryl methyl sites for hydroxylation is 1. The van der Waals surface area contributed by atoms with Crippen LogP contribution in [0, 0.1) is 13.8 Å². The van der Waals surface area contributed by atoms with Crippen LogP contribution in [0.3, 0.4) is 0 Å². The van der Waals surface area contributed by atoms with Crippen molar-refractivity contribution in [2.24, 2.45) is 0 Å². The normalized spacial score (nSPS) is 11.7. The van der Waals surface area contributed by atoms with Gasteiger partial charge in [0.1, 0.15) is 4.90 Å². The lowest BCUT2D eigenvalue weighted by molar-refractivity contribution is 0.581. The van der Waals surface area contributed by atoms with Crippen LogP contribution in [0.2, 0.25) is 0 Å². The van der Waals surface area contributed by atoms with Crippen LogP contribution in [-0.2, 0) is 16.6 Å². The summed E-state index contributed by atoms with van der Waals surface area (Å²) >= 11 is 1.54. The molecule has 0 radical (unpaired) electrons. The minimum Gasteiger partial charge on any atom is -0.398 e. The summed E-state index contributed by atoms with van der Waals surface area (Å²) in [6, 6.07) is 5.34. The largest absolute Gasteiger partial charge is 0.398 e. The van der Waals surface area contributed by atoms with Gasteiger partial charge in [-0.25, -0.2) is 13.1 Å². The lowest BCUT2D eigenvalue weighted by atomic mass is 10.1. The van der Waals surface area contributed by atoms with E-state index in [1.54, 1.807) is 13.0 Å². The minimum absolute atomic E-state index is 0.183. The number of hydrogen-bond donors (Lipinski definition) is 2. The van der Waals surface area contributed by atoms with E-state index in [-0.39, 0.29) is 17.1 Å². The molecule has 2 rings (SSSR count). The van der Waals surface area contributed by atoms with E-state index in [4.69, 9.17) is 5.73 Å². The van der Waals surface area contributed by atoms with Crippen LogP contribution in [0.5, 0.6) is 0 Å². The number of nitrogens with one attached hydrogen (secondary N) is 1. The maximum absolute atomic E-state index is 12.3. The molecule has 3 N–H and O–H groups in total. The second-order valence-corrected chi connectivity index (χ2v) is 6.87. The molecule has 0 amide bonds. The van der Waals surface area contributed by atoms with Gasteiger partial charge >= 0.3 is 0 Å². The molecule has 102 valence electrons. The summed E-state index contributed by atoms with van der Waals surface area (Å²) < 4.78 is 27.3. The van der Waals surface area contributed by atoms with Gasteiger partial charge in [0.05, 0.1) is 5.69 Å². The van der Waals surface area contributed by atoms with E-state index in [0.717, 1.165) is 11.1 Å². The average molecular weight is 296 g/mol. The Morgan fingerprint density at radius 1 is 1.26 bits per heavy atom. The van der Waals surface area contributed by atoms with Gasteiger partial charge in [-0.1, -0.05) is 6.07 Å². The highest BCUT2D eigenvalue weighted by molar-refractivity contribution is 7.89. The van der Waals surface area contributed by atoms with Gasteiger partial charge in [-0.3, -0.25) is 0 Å². The number of benzene rings is 1. The van der Waals surface area contributed by atoms with Gasteiger partial charge in [0, 0.05) is 6.54 Å². The molecule has 0 bridgehead atoms. The number of sulfonamides is 1. The van der Waals surface area contributed by atoms with Crippen molar-refractivity contribution in [2.45, 2.75) is 25.3 Å². The first-order chi connectivity index (χ1) is 8.92. The molecule has 0 atom stereocenters. The molecule has 0 aliphatic carbocycles. The lowest BCUT2D eigenvalue weighted by Gasteiger charge is -2.13. The second kappa shape index (κ2) is 5.32. The Labute approximate surface area is 117 Å². The zero-order chi connectivity index (χ0) is 14.0. The van der Waals surface area contributed by atoms with E-state index < -0.39 is 10.0 Å². The van der Waals surface area contributed by atoms with Crippen LogP contribution < -0.4 is 10.5 Å². The Bertz CT molecular complexity index is 677. The van der Waals surface area contributed by atoms with Crippen LogP contribution >= 0.6 is 11.3 Å². The molecule has 1 aromatic carbocycles. The summed E-state index contributed by atoms with van der Waals surface area (Å²) in [4.78, 5) is 0.183. The third kappa shape index (κ3) is 2.97. The van der Waals surface area contributed by atoms with Gasteiger partial charge in [-0.15, -0.1) is 0 Å². The quantitative estimate of drug-likeness (QED) is 0.851. The second-order valence-electron chi connectivity index (χ2n) is 4.38. The average Bonchev–Trinajstić information content (AvgIpc) is 2.85. The lowest BCUT2D eigenvalue weighted by Crippen LogP contribution is -2.25. The zero-order valence-electron chi connectivity index (χ0n) is 10.8. The number of thiophene rings is 1. The monoisotopic (exact) mass is 296 g/mol. The SMILES string of the molecule is Cc1ccc(N)c(S(=O)(=O)NCc2ccsc2)c1C. The Kier molecular flexibility index (Phi) is 3.93. The first-order valence-corrected chi connectivity index (χ1v) is 8.21. The first-order valence-electron chi connectivity index (χ1n) is 5.78. The van der Waals surface area contributed by atoms with Gasteiger partial charge in [0.15, 0.2) is 0 Å². The highest BCUT2D eigenvalue weighted by atomic mass is 32.2. The van der Waals surface area contributed by atoms with Gasteiger partial charge in [-0.05, 0) is 53.4 Å². The molecule has 1 aromatic heterocycles. The predicted octanol–water partition coefficient (Wildman–Crippen LogP) is 2.43. The maximum Gasteiger partial charge on any atom is 0.243 e. The van der Waals surface area contributed by atoms with Crippen molar-refractivity contribution in [3.05, 3.63) is 45.6 Å². The first kappa shape index (κ1) is 14.0. The fraction of sp³-hybridized carbons (Fsp3) is 0.231. The molecule has 0 saturated carbocycles. The highest BCUT2D eigenvalue weighted by Gasteiger charge is 2.20. The van der Waals surface area contributed by atoms with Crippen LogP contribution in [0.4, 0.5) is 5.69 Å². The zero-order valence-corrected chi connectivity index (χ0v) is 12.4. The van der Waals surface area contributed by atoms with Crippen LogP contribution in [0.1, 0.15) is 16.7 Å². The summed E-state index contributed by atoms with van der Waals surface area (Å²) in [7, 11) is -3.59. The Balaban J connectivity index is 2.32. The summed E-state index contributed by atoms with van der Waals surface area (Å²) in [5, 5.41) is 3.82. The summed E-state index contributed by atoms with van der Waals surface area (Å²) in [6.07, 6.45) is 0. The Hall–Kier alpha value is -1.37. The number of rotatable bonds is 4. The Morgan fingerprint density at radius 2 is 2.00 bits per heavy atom. The van der Waals surface area contributed by atoms with Crippen LogP contribution in [0.25, 0.3) is 0 Å². The molecule has 0 fully saturated rings. The number of nitrogens with two attached hydrogens (primary N) is 1. The van der Waals surface area contributed by atoms with Gasteiger partial charge in [0.25, 0.3) is 0 Å². The fourth-order valence-electron chi connectivity index (χ4n) is 1.81. The third-order valence-corrected chi connectivity index (χ3v) is 5.36. The summed E-state index contributed by atoms with van der Waals surface area (Å²) in [5.41, 5.74) is 8.63. The van der Waals surface area contributed by atoms with Gasteiger partial charge in [-0.2, -0.15) is 11.3 Å². The molecule has 1 heterocycles. The van der Waals surface area contributed by atoms with E-state index in [2.05, 4.69) is 4.72 Å². The van der Waals surface area contributed by atoms with Crippen molar-refractivity contribution in [2.75, 3.05) is 5.73 Å². The van der Waals surface area contributed by atoms with Crippen molar-refractivity contribution in [1.82, 2.24) is 4.72 Å². The third-order valence-electron chi connectivity index (χ3n) is 3.02. The van der Waals surface area contributed by atoms with Crippen molar-refractivity contribution in [1.29, 1.82) is 0 Å². The molecule has 4 nitrogen and oxygen atoms in total. The number of anilines is 1. The van der Waals surface area contributed by atoms with Crippen molar-refractivity contribution in [3.8, 4) is 0 Å².